The zero-order valence-corrected chi connectivity index (χ0v) is 9.86. The monoisotopic (exact) mass is 273 g/mol. The first-order chi connectivity index (χ1) is 8.79. The minimum atomic E-state index is -4.48. The van der Waals surface area contributed by atoms with E-state index < -0.39 is 23.7 Å². The molecule has 0 radical (unpaired) electrons. The molecular weight excluding hydrogens is 263 g/mol. The van der Waals surface area contributed by atoms with E-state index in [9.17, 15) is 22.8 Å². The van der Waals surface area contributed by atoms with Gasteiger partial charge in [-0.3, -0.25) is 14.7 Å². The van der Waals surface area contributed by atoms with Crippen LogP contribution in [0.2, 0.25) is 0 Å². The lowest BCUT2D eigenvalue weighted by atomic mass is 10.2. The standard InChI is InChI=1S/C11H10F3N3O2/c1-16-9(18)6-17(15-10(16)19)8-4-2-3-7(5-8)11(12,13)14/h2-5H,6H2,1H3,(H,15,19). The van der Waals surface area contributed by atoms with Gasteiger partial charge in [0.15, 0.2) is 0 Å². The van der Waals surface area contributed by atoms with Crippen LogP contribution < -0.4 is 10.4 Å². The fourth-order valence-electron chi connectivity index (χ4n) is 1.59. The minimum absolute atomic E-state index is 0.102. The number of urea groups is 1. The Bertz CT molecular complexity index is 512. The summed E-state index contributed by atoms with van der Waals surface area (Å²) in [6.45, 7) is -0.219. The average molecular weight is 273 g/mol. The number of hydrogen-bond donors (Lipinski definition) is 1. The van der Waals surface area contributed by atoms with Gasteiger partial charge in [0, 0.05) is 7.05 Å². The van der Waals surface area contributed by atoms with Gasteiger partial charge in [-0.15, -0.1) is 0 Å². The smallest absolute Gasteiger partial charge is 0.275 e. The highest BCUT2D eigenvalue weighted by Crippen LogP contribution is 2.31. The highest BCUT2D eigenvalue weighted by Gasteiger charge is 2.32. The van der Waals surface area contributed by atoms with Crippen LogP contribution in [0, 0.1) is 0 Å². The maximum absolute atomic E-state index is 12.6. The van der Waals surface area contributed by atoms with Gasteiger partial charge in [-0.05, 0) is 18.2 Å². The summed E-state index contributed by atoms with van der Waals surface area (Å²) >= 11 is 0. The molecule has 0 bridgehead atoms. The lowest BCUT2D eigenvalue weighted by molar-refractivity contribution is -0.137. The van der Waals surface area contributed by atoms with E-state index in [0.29, 0.717) is 0 Å². The third kappa shape index (κ3) is 2.61. The van der Waals surface area contributed by atoms with Gasteiger partial charge in [0.05, 0.1) is 11.3 Å². The zero-order valence-electron chi connectivity index (χ0n) is 9.86. The van der Waals surface area contributed by atoms with Crippen molar-refractivity contribution in [3.63, 3.8) is 0 Å². The zero-order chi connectivity index (χ0) is 14.2. The molecule has 1 saturated heterocycles. The molecule has 0 unspecified atom stereocenters. The van der Waals surface area contributed by atoms with Crippen molar-refractivity contribution in [1.29, 1.82) is 0 Å². The number of carbonyl (C=O) groups is 2. The second-order valence-electron chi connectivity index (χ2n) is 4.00. The summed E-state index contributed by atoms with van der Waals surface area (Å²) in [7, 11) is 1.29. The Kier molecular flexibility index (Phi) is 3.09. The van der Waals surface area contributed by atoms with Crippen LogP contribution in [0.5, 0.6) is 0 Å². The lowest BCUT2D eigenvalue weighted by Gasteiger charge is -2.33. The van der Waals surface area contributed by atoms with Gasteiger partial charge in [0.1, 0.15) is 6.54 Å². The minimum Gasteiger partial charge on any atom is -0.275 e. The summed E-state index contributed by atoms with van der Waals surface area (Å²) in [4.78, 5) is 23.7. The molecule has 0 atom stereocenters. The molecule has 8 heteroatoms. The van der Waals surface area contributed by atoms with E-state index >= 15 is 0 Å². The third-order valence-corrected chi connectivity index (χ3v) is 2.69. The number of halogens is 3. The second kappa shape index (κ2) is 4.45. The number of hydrogen-bond acceptors (Lipinski definition) is 3. The Morgan fingerprint density at radius 1 is 1.26 bits per heavy atom. The van der Waals surface area contributed by atoms with Crippen molar-refractivity contribution in [3.8, 4) is 0 Å². The number of alkyl halides is 3. The van der Waals surface area contributed by atoms with Crippen LogP contribution in [0.3, 0.4) is 0 Å². The second-order valence-corrected chi connectivity index (χ2v) is 4.00. The van der Waals surface area contributed by atoms with Gasteiger partial charge in [0.2, 0.25) is 0 Å². The van der Waals surface area contributed by atoms with Crippen molar-refractivity contribution in [2.75, 3.05) is 18.6 Å². The molecule has 102 valence electrons. The molecule has 1 aliphatic heterocycles. The van der Waals surface area contributed by atoms with Gasteiger partial charge in [-0.2, -0.15) is 13.2 Å². The normalized spacial score (nSPS) is 16.6. The van der Waals surface area contributed by atoms with E-state index in [2.05, 4.69) is 5.43 Å². The van der Waals surface area contributed by atoms with Gasteiger partial charge in [-0.1, -0.05) is 6.07 Å². The number of benzene rings is 1. The van der Waals surface area contributed by atoms with E-state index in [-0.39, 0.29) is 12.2 Å². The van der Waals surface area contributed by atoms with Crippen LogP contribution in [0.15, 0.2) is 24.3 Å². The van der Waals surface area contributed by atoms with E-state index in [0.717, 1.165) is 22.0 Å². The third-order valence-electron chi connectivity index (χ3n) is 2.69. The molecule has 2 rings (SSSR count). The highest BCUT2D eigenvalue weighted by atomic mass is 19.4. The molecule has 1 heterocycles. The van der Waals surface area contributed by atoms with Gasteiger partial charge in [0.25, 0.3) is 5.91 Å². The Morgan fingerprint density at radius 3 is 2.53 bits per heavy atom. The molecule has 3 amide bonds. The molecule has 19 heavy (non-hydrogen) atoms. The number of likely N-dealkylation sites (N-methyl/N-ethyl adjacent to an activating group) is 1. The van der Waals surface area contributed by atoms with Crippen molar-refractivity contribution >= 4 is 17.6 Å². The predicted molar refractivity (Wildman–Crippen MR) is 60.1 cm³/mol. The van der Waals surface area contributed by atoms with Crippen LogP contribution in [-0.4, -0.2) is 30.4 Å². The molecule has 5 nitrogen and oxygen atoms in total. The first-order valence-electron chi connectivity index (χ1n) is 5.31. The quantitative estimate of drug-likeness (QED) is 0.845. The summed E-state index contributed by atoms with van der Waals surface area (Å²) in [6.07, 6.45) is -4.48. The van der Waals surface area contributed by atoms with Crippen LogP contribution in [0.1, 0.15) is 5.56 Å². The van der Waals surface area contributed by atoms with E-state index in [1.54, 1.807) is 0 Å². The van der Waals surface area contributed by atoms with E-state index in [1.807, 2.05) is 0 Å². The number of imide groups is 1. The Hall–Kier alpha value is -2.25. The SMILES string of the molecule is CN1C(=O)CN(c2cccc(C(F)(F)F)c2)NC1=O. The number of nitrogens with one attached hydrogen (secondary N) is 1. The van der Waals surface area contributed by atoms with Crippen molar-refractivity contribution in [3.05, 3.63) is 29.8 Å². The van der Waals surface area contributed by atoms with Crippen molar-refractivity contribution in [2.24, 2.45) is 0 Å². The molecule has 1 N–H and O–H groups in total. The molecule has 1 fully saturated rings. The van der Waals surface area contributed by atoms with Crippen molar-refractivity contribution < 1.29 is 22.8 Å². The molecule has 1 aromatic rings. The fourth-order valence-corrected chi connectivity index (χ4v) is 1.59. The highest BCUT2D eigenvalue weighted by molar-refractivity contribution is 5.99. The first kappa shape index (κ1) is 13.2. The number of hydrazine groups is 1. The van der Waals surface area contributed by atoms with Crippen molar-refractivity contribution in [2.45, 2.75) is 6.18 Å². The van der Waals surface area contributed by atoms with Crippen LogP contribution in [0.4, 0.5) is 23.7 Å². The van der Waals surface area contributed by atoms with E-state index in [4.69, 9.17) is 0 Å². The summed E-state index contributed by atoms with van der Waals surface area (Å²) in [5.41, 5.74) is 1.58. The number of anilines is 1. The summed E-state index contributed by atoms with van der Waals surface area (Å²) in [5, 5.41) is 1.08. The van der Waals surface area contributed by atoms with Crippen molar-refractivity contribution in [1.82, 2.24) is 10.3 Å². The van der Waals surface area contributed by atoms with E-state index in [1.165, 1.54) is 19.2 Å². The number of nitrogens with zero attached hydrogens (tertiary/aromatic N) is 2. The maximum atomic E-state index is 12.6. The Morgan fingerprint density at radius 2 is 1.95 bits per heavy atom. The fraction of sp³-hybridized carbons (Fsp3) is 0.273. The molecule has 0 aliphatic carbocycles. The maximum Gasteiger partial charge on any atom is 0.416 e. The lowest BCUT2D eigenvalue weighted by Crippen LogP contribution is -2.59. The summed E-state index contributed by atoms with van der Waals surface area (Å²) in [6, 6.07) is 3.71. The molecular formula is C11H10F3N3O2. The number of carbonyl (C=O) groups excluding carboxylic acids is 2. The Labute approximate surface area is 106 Å². The summed E-state index contributed by atoms with van der Waals surface area (Å²) < 4.78 is 37.7. The molecule has 1 aromatic carbocycles. The van der Waals surface area contributed by atoms with Crippen LogP contribution >= 0.6 is 0 Å². The largest absolute Gasteiger partial charge is 0.416 e. The average Bonchev–Trinajstić information content (AvgIpc) is 2.34. The number of amides is 3. The first-order valence-corrected chi connectivity index (χ1v) is 5.31. The molecule has 0 aromatic heterocycles. The molecule has 1 aliphatic rings. The molecule has 0 saturated carbocycles. The van der Waals surface area contributed by atoms with Gasteiger partial charge in [-0.25, -0.2) is 10.2 Å². The van der Waals surface area contributed by atoms with Crippen LogP contribution in [-0.2, 0) is 11.0 Å². The number of rotatable bonds is 1. The Balaban J connectivity index is 2.28. The van der Waals surface area contributed by atoms with Gasteiger partial charge >= 0.3 is 12.2 Å². The predicted octanol–water partition coefficient (Wildman–Crippen LogP) is 1.61. The van der Waals surface area contributed by atoms with Gasteiger partial charge < -0.3 is 0 Å². The summed E-state index contributed by atoms with van der Waals surface area (Å²) in [5.74, 6) is -0.499. The van der Waals surface area contributed by atoms with Crippen LogP contribution in [0.25, 0.3) is 0 Å². The topological polar surface area (TPSA) is 52.7 Å². The molecule has 0 spiro atoms.